The van der Waals surface area contributed by atoms with Crippen molar-refractivity contribution in [1.29, 1.82) is 0 Å². The maximum absolute atomic E-state index is 12.0. The number of rotatable bonds is 1. The molecule has 1 heterocycles. The average molecular weight is 277 g/mol. The van der Waals surface area contributed by atoms with E-state index in [0.29, 0.717) is 9.23 Å². The maximum Gasteiger partial charge on any atom is 0.265 e. The molecule has 0 bridgehead atoms. The number of amides is 1. The van der Waals surface area contributed by atoms with Crippen LogP contribution in [0.5, 0.6) is 0 Å². The number of aryl methyl sites for hydroxylation is 3. The van der Waals surface area contributed by atoms with Crippen molar-refractivity contribution in [3.8, 4) is 0 Å². The molecule has 4 heteroatoms. The van der Waals surface area contributed by atoms with Crippen LogP contribution in [0.1, 0.15) is 22.3 Å². The number of benzene rings is 1. The monoisotopic (exact) mass is 277 g/mol. The maximum atomic E-state index is 12.0. The van der Waals surface area contributed by atoms with Crippen LogP contribution in [-0.4, -0.2) is 22.2 Å². The van der Waals surface area contributed by atoms with Crippen molar-refractivity contribution in [3.05, 3.63) is 39.3 Å². The Labute approximate surface area is 117 Å². The minimum Gasteiger partial charge on any atom is -0.296 e. The summed E-state index contributed by atoms with van der Waals surface area (Å²) in [7, 11) is 1.72. The third-order valence-corrected chi connectivity index (χ3v) is 4.48. The average Bonchev–Trinajstić information content (AvgIpc) is 2.51. The summed E-state index contributed by atoms with van der Waals surface area (Å²) >= 11 is 6.49. The first-order valence-electron chi connectivity index (χ1n) is 5.69. The summed E-state index contributed by atoms with van der Waals surface area (Å²) in [4.78, 5) is 14.2. The van der Waals surface area contributed by atoms with Crippen LogP contribution in [0.4, 0.5) is 0 Å². The molecule has 0 unspecified atom stereocenters. The molecule has 1 saturated heterocycles. The van der Waals surface area contributed by atoms with E-state index in [1.807, 2.05) is 6.08 Å². The normalized spacial score (nSPS) is 18.0. The minimum atomic E-state index is -0.00984. The van der Waals surface area contributed by atoms with Crippen molar-refractivity contribution in [2.45, 2.75) is 20.8 Å². The van der Waals surface area contributed by atoms with E-state index in [4.69, 9.17) is 12.2 Å². The summed E-state index contributed by atoms with van der Waals surface area (Å²) < 4.78 is 0.619. The topological polar surface area (TPSA) is 20.3 Å². The summed E-state index contributed by atoms with van der Waals surface area (Å²) in [5.74, 6) is -0.00984. The standard InChI is InChI=1S/C14H15NOS2/c1-8-5-9(2)11(10(3)6-8)7-12-13(16)15(4)14(17)18-12/h5-7H,1-4H3/b12-7-. The van der Waals surface area contributed by atoms with Gasteiger partial charge in [-0.25, -0.2) is 0 Å². The zero-order valence-electron chi connectivity index (χ0n) is 10.9. The first kappa shape index (κ1) is 13.3. The van der Waals surface area contributed by atoms with E-state index in [2.05, 4.69) is 32.9 Å². The summed E-state index contributed by atoms with van der Waals surface area (Å²) in [6.07, 6.45) is 1.95. The molecule has 0 atom stereocenters. The van der Waals surface area contributed by atoms with Crippen molar-refractivity contribution in [1.82, 2.24) is 4.90 Å². The van der Waals surface area contributed by atoms with E-state index >= 15 is 0 Å². The molecule has 0 radical (unpaired) electrons. The highest BCUT2D eigenvalue weighted by Gasteiger charge is 2.28. The fourth-order valence-corrected chi connectivity index (χ4v) is 3.26. The lowest BCUT2D eigenvalue weighted by molar-refractivity contribution is -0.121. The van der Waals surface area contributed by atoms with Crippen LogP contribution in [0.3, 0.4) is 0 Å². The van der Waals surface area contributed by atoms with Gasteiger partial charge in [0.1, 0.15) is 4.32 Å². The number of hydrogen-bond acceptors (Lipinski definition) is 3. The Kier molecular flexibility index (Phi) is 3.59. The predicted molar refractivity (Wildman–Crippen MR) is 81.6 cm³/mol. The highest BCUT2D eigenvalue weighted by Crippen LogP contribution is 2.32. The molecule has 18 heavy (non-hydrogen) atoms. The molecule has 1 aliphatic rings. The fraction of sp³-hybridized carbons (Fsp3) is 0.286. The third kappa shape index (κ3) is 2.35. The summed E-state index contributed by atoms with van der Waals surface area (Å²) in [6, 6.07) is 4.26. The van der Waals surface area contributed by atoms with Gasteiger partial charge in [0.2, 0.25) is 0 Å². The van der Waals surface area contributed by atoms with Crippen molar-refractivity contribution in [2.75, 3.05) is 7.05 Å². The first-order valence-corrected chi connectivity index (χ1v) is 6.92. The Morgan fingerprint density at radius 1 is 1.22 bits per heavy atom. The lowest BCUT2D eigenvalue weighted by atomic mass is 9.99. The molecule has 1 amide bonds. The zero-order chi connectivity index (χ0) is 13.4. The second-order valence-electron chi connectivity index (χ2n) is 4.55. The molecule has 2 rings (SSSR count). The number of carbonyl (C=O) groups excluding carboxylic acids is 1. The second kappa shape index (κ2) is 4.86. The molecule has 1 aromatic carbocycles. The van der Waals surface area contributed by atoms with Gasteiger partial charge in [-0.05, 0) is 43.5 Å². The van der Waals surface area contributed by atoms with Crippen molar-refractivity contribution in [2.24, 2.45) is 0 Å². The van der Waals surface area contributed by atoms with Crippen LogP contribution in [0, 0.1) is 20.8 Å². The van der Waals surface area contributed by atoms with Gasteiger partial charge in [0, 0.05) is 7.05 Å². The van der Waals surface area contributed by atoms with E-state index in [-0.39, 0.29) is 5.91 Å². The molecule has 94 valence electrons. The van der Waals surface area contributed by atoms with Gasteiger partial charge >= 0.3 is 0 Å². The quantitative estimate of drug-likeness (QED) is 0.579. The van der Waals surface area contributed by atoms with Crippen LogP contribution in [0.25, 0.3) is 6.08 Å². The van der Waals surface area contributed by atoms with Crippen molar-refractivity contribution < 1.29 is 4.79 Å². The van der Waals surface area contributed by atoms with E-state index in [1.165, 1.54) is 33.4 Å². The molecule has 0 aliphatic carbocycles. The highest BCUT2D eigenvalue weighted by molar-refractivity contribution is 8.26. The molecule has 0 N–H and O–H groups in total. The number of likely N-dealkylation sites (N-methyl/N-ethyl adjacent to an activating group) is 1. The van der Waals surface area contributed by atoms with Gasteiger partial charge in [0.05, 0.1) is 4.91 Å². The number of hydrogen-bond donors (Lipinski definition) is 0. The Balaban J connectivity index is 2.47. The van der Waals surface area contributed by atoms with Crippen molar-refractivity contribution >= 4 is 40.3 Å². The number of thiocarbonyl (C=S) groups is 1. The molecule has 0 aromatic heterocycles. The molecular weight excluding hydrogens is 262 g/mol. The lowest BCUT2D eigenvalue weighted by Gasteiger charge is -2.08. The molecule has 1 fully saturated rings. The fourth-order valence-electron chi connectivity index (χ4n) is 2.10. The molecule has 1 aliphatic heterocycles. The van der Waals surface area contributed by atoms with Crippen LogP contribution in [-0.2, 0) is 4.79 Å². The predicted octanol–water partition coefficient (Wildman–Crippen LogP) is 3.44. The van der Waals surface area contributed by atoms with Gasteiger partial charge in [0.15, 0.2) is 0 Å². The van der Waals surface area contributed by atoms with E-state index in [1.54, 1.807) is 7.05 Å². The molecular formula is C14H15NOS2. The summed E-state index contributed by atoms with van der Waals surface area (Å²) in [5.41, 5.74) is 4.74. The Morgan fingerprint density at radius 2 is 1.78 bits per heavy atom. The number of nitrogens with zero attached hydrogens (tertiary/aromatic N) is 1. The van der Waals surface area contributed by atoms with Crippen LogP contribution in [0.2, 0.25) is 0 Å². The molecule has 0 saturated carbocycles. The Morgan fingerprint density at radius 3 is 2.22 bits per heavy atom. The molecule has 1 aromatic rings. The highest BCUT2D eigenvalue weighted by atomic mass is 32.2. The van der Waals surface area contributed by atoms with Crippen LogP contribution in [0.15, 0.2) is 17.0 Å². The largest absolute Gasteiger partial charge is 0.296 e. The van der Waals surface area contributed by atoms with Gasteiger partial charge in [-0.3, -0.25) is 9.69 Å². The molecule has 0 spiro atoms. The third-order valence-electron chi connectivity index (χ3n) is 3.00. The van der Waals surface area contributed by atoms with Crippen molar-refractivity contribution in [3.63, 3.8) is 0 Å². The molecule has 2 nitrogen and oxygen atoms in total. The zero-order valence-corrected chi connectivity index (χ0v) is 12.5. The van der Waals surface area contributed by atoms with Crippen LogP contribution >= 0.6 is 24.0 Å². The number of carbonyl (C=O) groups is 1. The Bertz CT molecular complexity index is 552. The van der Waals surface area contributed by atoms with Gasteiger partial charge < -0.3 is 0 Å². The smallest absolute Gasteiger partial charge is 0.265 e. The van der Waals surface area contributed by atoms with Gasteiger partial charge in [-0.2, -0.15) is 0 Å². The van der Waals surface area contributed by atoms with Gasteiger partial charge in [0.25, 0.3) is 5.91 Å². The SMILES string of the molecule is Cc1cc(C)c(/C=C2\SC(=S)N(C)C2=O)c(C)c1. The van der Waals surface area contributed by atoms with Gasteiger partial charge in [-0.1, -0.05) is 41.7 Å². The minimum absolute atomic E-state index is 0.00984. The van der Waals surface area contributed by atoms with E-state index in [9.17, 15) is 4.79 Å². The van der Waals surface area contributed by atoms with E-state index < -0.39 is 0 Å². The number of thioether (sulfide) groups is 1. The van der Waals surface area contributed by atoms with Crippen LogP contribution < -0.4 is 0 Å². The lowest BCUT2D eigenvalue weighted by Crippen LogP contribution is -2.22. The van der Waals surface area contributed by atoms with E-state index in [0.717, 1.165) is 5.56 Å². The summed E-state index contributed by atoms with van der Waals surface area (Å²) in [6.45, 7) is 6.21. The Hall–Kier alpha value is -1.13. The first-order chi connectivity index (χ1) is 8.40. The van der Waals surface area contributed by atoms with Gasteiger partial charge in [-0.15, -0.1) is 0 Å². The second-order valence-corrected chi connectivity index (χ2v) is 6.23. The summed E-state index contributed by atoms with van der Waals surface area (Å²) in [5, 5.41) is 0.